The molecule has 5 nitrogen and oxygen atoms in total. The van der Waals surface area contributed by atoms with Crippen molar-refractivity contribution in [3.63, 3.8) is 0 Å². The third-order valence-corrected chi connectivity index (χ3v) is 5.03. The predicted octanol–water partition coefficient (Wildman–Crippen LogP) is 5.28. The first-order valence-corrected chi connectivity index (χ1v) is 10.0. The van der Waals surface area contributed by atoms with Gasteiger partial charge in [-0.05, 0) is 17.7 Å². The molecule has 1 heterocycles. The monoisotopic (exact) mass is 417 g/mol. The third kappa shape index (κ3) is 4.75. The number of rotatable bonds is 7. The van der Waals surface area contributed by atoms with Crippen molar-refractivity contribution in [1.82, 2.24) is 15.0 Å². The van der Waals surface area contributed by atoms with Crippen LogP contribution >= 0.6 is 11.6 Å². The number of amides is 1. The van der Waals surface area contributed by atoms with Gasteiger partial charge in [-0.2, -0.15) is 4.98 Å². The summed E-state index contributed by atoms with van der Waals surface area (Å²) in [5.41, 5.74) is 2.40. The van der Waals surface area contributed by atoms with Crippen molar-refractivity contribution in [1.29, 1.82) is 0 Å². The number of carbonyl (C=O) groups excluding carboxylic acids is 1. The minimum absolute atomic E-state index is 0.132. The fraction of sp³-hybridized carbons (Fsp3) is 0.125. The summed E-state index contributed by atoms with van der Waals surface area (Å²) in [7, 11) is 0. The first-order chi connectivity index (χ1) is 14.7. The average molecular weight is 418 g/mol. The van der Waals surface area contributed by atoms with Crippen LogP contribution in [-0.2, 0) is 13.0 Å². The van der Waals surface area contributed by atoms with Crippen LogP contribution in [0.1, 0.15) is 21.8 Å². The summed E-state index contributed by atoms with van der Waals surface area (Å²) in [5, 5.41) is 4.49. The number of halogens is 1. The number of nitrogens with zero attached hydrogens (tertiary/aromatic N) is 3. The molecule has 0 unspecified atom stereocenters. The number of benzene rings is 3. The molecule has 4 rings (SSSR count). The number of hydrogen-bond acceptors (Lipinski definition) is 4. The van der Waals surface area contributed by atoms with Crippen molar-refractivity contribution in [2.75, 3.05) is 6.54 Å². The molecule has 3 aromatic carbocycles. The quantitative estimate of drug-likeness (QED) is 0.410. The van der Waals surface area contributed by atoms with Crippen LogP contribution < -0.4 is 0 Å². The van der Waals surface area contributed by atoms with Gasteiger partial charge in [0.15, 0.2) is 0 Å². The fourth-order valence-electron chi connectivity index (χ4n) is 3.15. The highest BCUT2D eigenvalue weighted by Gasteiger charge is 2.20. The molecule has 4 aromatic rings. The maximum Gasteiger partial charge on any atom is 0.255 e. The molecule has 6 heteroatoms. The SMILES string of the molecule is O=C(c1ccccc1Cl)N(CCc1nc(-c2ccccc2)no1)Cc1ccccc1. The molecule has 0 radical (unpaired) electrons. The second kappa shape index (κ2) is 9.37. The van der Waals surface area contributed by atoms with Crippen LogP contribution in [0.15, 0.2) is 89.5 Å². The molecule has 0 atom stereocenters. The van der Waals surface area contributed by atoms with E-state index in [0.29, 0.717) is 41.8 Å². The van der Waals surface area contributed by atoms with Crippen molar-refractivity contribution in [2.24, 2.45) is 0 Å². The molecule has 0 aliphatic carbocycles. The summed E-state index contributed by atoms with van der Waals surface area (Å²) in [6, 6.07) is 26.6. The van der Waals surface area contributed by atoms with Gasteiger partial charge in [0.05, 0.1) is 10.6 Å². The van der Waals surface area contributed by atoms with Gasteiger partial charge in [-0.15, -0.1) is 0 Å². The Morgan fingerprint density at radius 3 is 2.30 bits per heavy atom. The fourth-order valence-corrected chi connectivity index (χ4v) is 3.37. The Hall–Kier alpha value is -3.44. The number of aromatic nitrogens is 2. The molecule has 0 fully saturated rings. The van der Waals surface area contributed by atoms with Crippen LogP contribution in [0.5, 0.6) is 0 Å². The maximum absolute atomic E-state index is 13.2. The molecule has 0 saturated heterocycles. The first kappa shape index (κ1) is 19.9. The second-order valence-corrected chi connectivity index (χ2v) is 7.23. The van der Waals surface area contributed by atoms with E-state index in [2.05, 4.69) is 10.1 Å². The van der Waals surface area contributed by atoms with Crippen molar-refractivity contribution in [3.05, 3.63) is 107 Å². The second-order valence-electron chi connectivity index (χ2n) is 6.82. The van der Waals surface area contributed by atoms with Gasteiger partial charge < -0.3 is 9.42 Å². The summed E-state index contributed by atoms with van der Waals surface area (Å²) in [6.07, 6.45) is 0.447. The molecule has 1 aromatic heterocycles. The normalized spacial score (nSPS) is 10.7. The van der Waals surface area contributed by atoms with E-state index in [0.717, 1.165) is 11.1 Å². The summed E-state index contributed by atoms with van der Waals surface area (Å²) in [4.78, 5) is 19.4. The van der Waals surface area contributed by atoms with E-state index < -0.39 is 0 Å². The van der Waals surface area contributed by atoms with Crippen molar-refractivity contribution >= 4 is 17.5 Å². The van der Waals surface area contributed by atoms with E-state index in [-0.39, 0.29) is 5.91 Å². The Bertz CT molecular complexity index is 1110. The van der Waals surface area contributed by atoms with Gasteiger partial charge in [0.25, 0.3) is 5.91 Å². The Morgan fingerprint density at radius 1 is 0.900 bits per heavy atom. The molecule has 150 valence electrons. The lowest BCUT2D eigenvalue weighted by Crippen LogP contribution is -2.32. The standard InChI is InChI=1S/C24H20ClN3O2/c25-21-14-8-7-13-20(21)24(29)28(17-18-9-3-1-4-10-18)16-15-22-26-23(27-30-22)19-11-5-2-6-12-19/h1-14H,15-17H2. The van der Waals surface area contributed by atoms with E-state index >= 15 is 0 Å². The minimum Gasteiger partial charge on any atom is -0.339 e. The van der Waals surface area contributed by atoms with Gasteiger partial charge in [0, 0.05) is 25.1 Å². The molecule has 0 aliphatic rings. The maximum atomic E-state index is 13.2. The topological polar surface area (TPSA) is 59.2 Å². The molecule has 0 N–H and O–H groups in total. The molecule has 1 amide bonds. The lowest BCUT2D eigenvalue weighted by molar-refractivity contribution is 0.0742. The molecular weight excluding hydrogens is 398 g/mol. The molecule has 0 bridgehead atoms. The van der Waals surface area contributed by atoms with Crippen LogP contribution in [0.3, 0.4) is 0 Å². The van der Waals surface area contributed by atoms with Crippen molar-refractivity contribution in [2.45, 2.75) is 13.0 Å². The van der Waals surface area contributed by atoms with Gasteiger partial charge >= 0.3 is 0 Å². The molecule has 0 spiro atoms. The zero-order chi connectivity index (χ0) is 20.8. The van der Waals surface area contributed by atoms with Gasteiger partial charge in [0.2, 0.25) is 11.7 Å². The highest BCUT2D eigenvalue weighted by molar-refractivity contribution is 6.33. The van der Waals surface area contributed by atoms with Crippen molar-refractivity contribution < 1.29 is 9.32 Å². The third-order valence-electron chi connectivity index (χ3n) is 4.70. The zero-order valence-corrected chi connectivity index (χ0v) is 17.0. The van der Waals surface area contributed by atoms with Crippen LogP contribution in [-0.4, -0.2) is 27.5 Å². The Morgan fingerprint density at radius 2 is 1.57 bits per heavy atom. The Labute approximate surface area is 179 Å². The summed E-state index contributed by atoms with van der Waals surface area (Å²) in [5.74, 6) is 0.892. The first-order valence-electron chi connectivity index (χ1n) is 9.66. The molecular formula is C24H20ClN3O2. The highest BCUT2D eigenvalue weighted by atomic mass is 35.5. The van der Waals surface area contributed by atoms with E-state index in [1.54, 1.807) is 17.0 Å². The summed E-state index contributed by atoms with van der Waals surface area (Å²) >= 11 is 6.27. The van der Waals surface area contributed by atoms with E-state index in [1.807, 2.05) is 72.8 Å². The summed E-state index contributed by atoms with van der Waals surface area (Å²) in [6.45, 7) is 0.889. The Kier molecular flexibility index (Phi) is 6.20. The number of carbonyl (C=O) groups is 1. The lowest BCUT2D eigenvalue weighted by Gasteiger charge is -2.23. The lowest BCUT2D eigenvalue weighted by atomic mass is 10.1. The minimum atomic E-state index is -0.132. The van der Waals surface area contributed by atoms with Gasteiger partial charge in [-0.3, -0.25) is 4.79 Å². The van der Waals surface area contributed by atoms with Crippen LogP contribution in [0.2, 0.25) is 5.02 Å². The van der Waals surface area contributed by atoms with E-state index in [1.165, 1.54) is 0 Å². The van der Waals surface area contributed by atoms with Crippen molar-refractivity contribution in [3.8, 4) is 11.4 Å². The zero-order valence-electron chi connectivity index (χ0n) is 16.2. The molecule has 0 aliphatic heterocycles. The average Bonchev–Trinajstić information content (AvgIpc) is 3.27. The van der Waals surface area contributed by atoms with E-state index in [4.69, 9.17) is 16.1 Å². The highest BCUT2D eigenvalue weighted by Crippen LogP contribution is 2.20. The van der Waals surface area contributed by atoms with Gasteiger partial charge in [-0.1, -0.05) is 89.6 Å². The summed E-state index contributed by atoms with van der Waals surface area (Å²) < 4.78 is 5.40. The van der Waals surface area contributed by atoms with E-state index in [9.17, 15) is 4.79 Å². The smallest absolute Gasteiger partial charge is 0.255 e. The number of hydrogen-bond donors (Lipinski definition) is 0. The Balaban J connectivity index is 1.52. The molecule has 30 heavy (non-hydrogen) atoms. The van der Waals surface area contributed by atoms with Gasteiger partial charge in [0.1, 0.15) is 0 Å². The van der Waals surface area contributed by atoms with Crippen LogP contribution in [0, 0.1) is 0 Å². The van der Waals surface area contributed by atoms with Crippen LogP contribution in [0.25, 0.3) is 11.4 Å². The largest absolute Gasteiger partial charge is 0.339 e. The predicted molar refractivity (Wildman–Crippen MR) is 116 cm³/mol. The molecule has 0 saturated carbocycles. The van der Waals surface area contributed by atoms with Crippen LogP contribution in [0.4, 0.5) is 0 Å². The van der Waals surface area contributed by atoms with Gasteiger partial charge in [-0.25, -0.2) is 0 Å².